The maximum Gasteiger partial charge on any atom is 0.175 e. The Labute approximate surface area is 164 Å². The van der Waals surface area contributed by atoms with Crippen LogP contribution in [0.2, 0.25) is 0 Å². The lowest BCUT2D eigenvalue weighted by Crippen LogP contribution is -2.28. The molecule has 0 amide bonds. The first-order valence-electron chi connectivity index (χ1n) is 9.05. The van der Waals surface area contributed by atoms with Crippen molar-refractivity contribution in [2.24, 2.45) is 0 Å². The van der Waals surface area contributed by atoms with E-state index in [0.717, 1.165) is 39.4 Å². The highest BCUT2D eigenvalue weighted by molar-refractivity contribution is 7.21. The van der Waals surface area contributed by atoms with E-state index in [0.29, 0.717) is 31.1 Å². The summed E-state index contributed by atoms with van der Waals surface area (Å²) >= 11 is 1.62. The minimum absolute atomic E-state index is 0.159. The van der Waals surface area contributed by atoms with Gasteiger partial charge in [-0.05, 0) is 24.3 Å². The van der Waals surface area contributed by atoms with Crippen molar-refractivity contribution in [2.45, 2.75) is 13.0 Å². The molecule has 9 heteroatoms. The highest BCUT2D eigenvalue weighted by atomic mass is 32.1. The molecule has 28 heavy (non-hydrogen) atoms. The number of aromatic hydroxyl groups is 1. The fourth-order valence-corrected chi connectivity index (χ4v) is 4.36. The molecule has 3 heterocycles. The van der Waals surface area contributed by atoms with E-state index < -0.39 is 0 Å². The number of nitrogens with zero attached hydrogens (tertiary/aromatic N) is 5. The van der Waals surface area contributed by atoms with E-state index in [1.165, 1.54) is 0 Å². The molecule has 0 saturated carbocycles. The fraction of sp³-hybridized carbons (Fsp3) is 0.263. The third-order valence-electron chi connectivity index (χ3n) is 4.78. The van der Waals surface area contributed by atoms with Crippen LogP contribution in [0.25, 0.3) is 20.8 Å². The number of aromatic amines is 1. The standard InChI is InChI=1S/C19H18N6O2S/c26-15-10-12(19-20-14-3-1-2-4-16(14)28-19)9-13-11-25(7-8-27-18(13)15)6-5-17-21-23-24-22-17/h1-4,9-10,26H,5-8,11H2,(H,21,22,23,24). The molecule has 0 spiro atoms. The highest BCUT2D eigenvalue weighted by Crippen LogP contribution is 2.39. The van der Waals surface area contributed by atoms with E-state index in [9.17, 15) is 5.11 Å². The summed E-state index contributed by atoms with van der Waals surface area (Å²) in [6.45, 7) is 2.75. The van der Waals surface area contributed by atoms with Gasteiger partial charge in [0.1, 0.15) is 11.6 Å². The Kier molecular flexibility index (Phi) is 4.38. The van der Waals surface area contributed by atoms with Crippen LogP contribution in [0.4, 0.5) is 0 Å². The van der Waals surface area contributed by atoms with Crippen molar-refractivity contribution in [2.75, 3.05) is 19.7 Å². The van der Waals surface area contributed by atoms with E-state index in [4.69, 9.17) is 9.72 Å². The zero-order chi connectivity index (χ0) is 18.9. The van der Waals surface area contributed by atoms with Crippen molar-refractivity contribution < 1.29 is 9.84 Å². The Balaban J connectivity index is 1.44. The molecule has 0 unspecified atom stereocenters. The third kappa shape index (κ3) is 3.30. The number of phenols is 1. The van der Waals surface area contributed by atoms with Crippen LogP contribution in [0.1, 0.15) is 11.4 Å². The van der Waals surface area contributed by atoms with Gasteiger partial charge in [0.15, 0.2) is 17.3 Å². The molecule has 142 valence electrons. The lowest BCUT2D eigenvalue weighted by atomic mass is 10.1. The van der Waals surface area contributed by atoms with Crippen LogP contribution in [0.3, 0.4) is 0 Å². The largest absolute Gasteiger partial charge is 0.504 e. The van der Waals surface area contributed by atoms with Gasteiger partial charge in [0.25, 0.3) is 0 Å². The van der Waals surface area contributed by atoms with E-state index in [1.54, 1.807) is 17.4 Å². The van der Waals surface area contributed by atoms with Crippen LogP contribution < -0.4 is 4.74 Å². The molecular weight excluding hydrogens is 376 g/mol. The van der Waals surface area contributed by atoms with E-state index in [-0.39, 0.29) is 5.75 Å². The Bertz CT molecular complexity index is 1080. The molecule has 0 saturated heterocycles. The molecule has 0 atom stereocenters. The van der Waals surface area contributed by atoms with Crippen molar-refractivity contribution in [3.8, 4) is 22.1 Å². The molecule has 4 aromatic rings. The summed E-state index contributed by atoms with van der Waals surface area (Å²) in [6, 6.07) is 11.9. The lowest BCUT2D eigenvalue weighted by molar-refractivity contribution is 0.224. The molecule has 0 fully saturated rings. The third-order valence-corrected chi connectivity index (χ3v) is 5.86. The first kappa shape index (κ1) is 17.1. The first-order valence-corrected chi connectivity index (χ1v) is 9.87. The van der Waals surface area contributed by atoms with Gasteiger partial charge in [0.05, 0.1) is 10.2 Å². The Morgan fingerprint density at radius 1 is 1.25 bits per heavy atom. The van der Waals surface area contributed by atoms with E-state index in [2.05, 4.69) is 37.7 Å². The summed E-state index contributed by atoms with van der Waals surface area (Å²) in [5.41, 5.74) is 2.83. The minimum Gasteiger partial charge on any atom is -0.504 e. The number of benzene rings is 2. The number of fused-ring (bicyclic) bond motifs is 2. The Morgan fingerprint density at radius 3 is 3.04 bits per heavy atom. The molecule has 0 bridgehead atoms. The number of thiazole rings is 1. The number of H-pyrrole nitrogens is 1. The van der Waals surface area contributed by atoms with Gasteiger partial charge in [-0.1, -0.05) is 17.3 Å². The van der Waals surface area contributed by atoms with Gasteiger partial charge in [0.2, 0.25) is 0 Å². The summed E-state index contributed by atoms with van der Waals surface area (Å²) < 4.78 is 6.97. The molecule has 2 aromatic heterocycles. The van der Waals surface area contributed by atoms with Crippen LogP contribution >= 0.6 is 11.3 Å². The molecule has 2 aromatic carbocycles. The van der Waals surface area contributed by atoms with Gasteiger partial charge in [-0.2, -0.15) is 5.21 Å². The van der Waals surface area contributed by atoms with E-state index >= 15 is 0 Å². The van der Waals surface area contributed by atoms with Gasteiger partial charge in [-0.3, -0.25) is 4.90 Å². The number of phenolic OH excluding ortho intramolecular Hbond substituents is 1. The Hall–Kier alpha value is -3.04. The molecule has 0 aliphatic carbocycles. The van der Waals surface area contributed by atoms with Crippen LogP contribution in [-0.2, 0) is 13.0 Å². The number of ether oxygens (including phenoxy) is 1. The minimum atomic E-state index is 0.159. The van der Waals surface area contributed by atoms with E-state index in [1.807, 2.05) is 18.2 Å². The van der Waals surface area contributed by atoms with Crippen molar-refractivity contribution in [3.05, 3.63) is 47.8 Å². The lowest BCUT2D eigenvalue weighted by Gasteiger charge is -2.18. The summed E-state index contributed by atoms with van der Waals surface area (Å²) in [5, 5.41) is 25.5. The molecule has 5 rings (SSSR count). The number of aromatic nitrogens is 5. The number of hydrogen-bond donors (Lipinski definition) is 2. The molecule has 1 aliphatic rings. The van der Waals surface area contributed by atoms with Crippen molar-refractivity contribution in [3.63, 3.8) is 0 Å². The first-order chi connectivity index (χ1) is 13.8. The number of nitrogens with one attached hydrogen (secondary N) is 1. The fourth-order valence-electron chi connectivity index (χ4n) is 3.41. The monoisotopic (exact) mass is 394 g/mol. The summed E-state index contributed by atoms with van der Waals surface area (Å²) in [7, 11) is 0. The summed E-state index contributed by atoms with van der Waals surface area (Å²) in [4.78, 5) is 6.98. The smallest absolute Gasteiger partial charge is 0.175 e. The normalized spacial score (nSPS) is 14.6. The highest BCUT2D eigenvalue weighted by Gasteiger charge is 2.21. The summed E-state index contributed by atoms with van der Waals surface area (Å²) in [5.74, 6) is 1.41. The van der Waals surface area contributed by atoms with Gasteiger partial charge >= 0.3 is 0 Å². The second kappa shape index (κ2) is 7.17. The average Bonchev–Trinajstić information content (AvgIpc) is 3.32. The second-order valence-electron chi connectivity index (χ2n) is 6.67. The topological polar surface area (TPSA) is 100 Å². The van der Waals surface area contributed by atoms with Crippen LogP contribution in [-0.4, -0.2) is 55.3 Å². The predicted molar refractivity (Wildman–Crippen MR) is 105 cm³/mol. The molecule has 0 radical (unpaired) electrons. The zero-order valence-corrected chi connectivity index (χ0v) is 15.8. The van der Waals surface area contributed by atoms with Crippen LogP contribution in [0.5, 0.6) is 11.5 Å². The number of rotatable bonds is 4. The zero-order valence-electron chi connectivity index (χ0n) is 15.0. The average molecular weight is 394 g/mol. The molecule has 1 aliphatic heterocycles. The molecular formula is C19H18N6O2S. The van der Waals surface area contributed by atoms with Gasteiger partial charge < -0.3 is 9.84 Å². The number of hydrogen-bond acceptors (Lipinski definition) is 8. The predicted octanol–water partition coefficient (Wildman–Crippen LogP) is 2.62. The van der Waals surface area contributed by atoms with Crippen LogP contribution in [0, 0.1) is 0 Å². The van der Waals surface area contributed by atoms with Gasteiger partial charge in [-0.25, -0.2) is 4.98 Å². The quantitative estimate of drug-likeness (QED) is 0.549. The van der Waals surface area contributed by atoms with Crippen molar-refractivity contribution >= 4 is 21.6 Å². The van der Waals surface area contributed by atoms with Gasteiger partial charge in [-0.15, -0.1) is 21.5 Å². The molecule has 2 N–H and O–H groups in total. The maximum absolute atomic E-state index is 10.6. The maximum atomic E-state index is 10.6. The Morgan fingerprint density at radius 2 is 2.18 bits per heavy atom. The SMILES string of the molecule is Oc1cc(-c2nc3ccccc3s2)cc2c1OCCN(CCc1nn[nH]n1)C2. The number of tetrazole rings is 1. The van der Waals surface area contributed by atoms with Crippen LogP contribution in [0.15, 0.2) is 36.4 Å². The van der Waals surface area contributed by atoms with Gasteiger partial charge in [0, 0.05) is 37.2 Å². The second-order valence-corrected chi connectivity index (χ2v) is 7.70. The molecule has 8 nitrogen and oxygen atoms in total. The number of para-hydroxylation sites is 1. The van der Waals surface area contributed by atoms with Crippen molar-refractivity contribution in [1.82, 2.24) is 30.5 Å². The van der Waals surface area contributed by atoms with Crippen molar-refractivity contribution in [1.29, 1.82) is 0 Å². The summed E-state index contributed by atoms with van der Waals surface area (Å²) in [6.07, 6.45) is 0.704.